The number of carbonyl (C=O) groups excluding carboxylic acids is 2. The summed E-state index contributed by atoms with van der Waals surface area (Å²) in [6.07, 6.45) is 4.67. The molecule has 1 saturated carbocycles. The molecule has 0 aliphatic heterocycles. The first kappa shape index (κ1) is 12.5. The summed E-state index contributed by atoms with van der Waals surface area (Å²) >= 11 is 0. The first-order valence-electron chi connectivity index (χ1n) is 5.85. The molecule has 3 nitrogen and oxygen atoms in total. The Morgan fingerprint density at radius 3 is 2.72 bits per heavy atom. The standard InChI is InChI=1S/C14H14FNO2/c1-9(17)2-3-11-8-12(15)6-7-13(11)16-14(18)10-4-5-10/h2-3,6-8,10H,4-5H2,1H3,(H,16,18)/b3-2+. The summed E-state index contributed by atoms with van der Waals surface area (Å²) in [6, 6.07) is 4.09. The highest BCUT2D eigenvalue weighted by Gasteiger charge is 2.29. The third-order valence-electron chi connectivity index (χ3n) is 2.72. The number of amides is 1. The van der Waals surface area contributed by atoms with Crippen molar-refractivity contribution in [2.45, 2.75) is 19.8 Å². The number of rotatable bonds is 4. The Labute approximate surface area is 105 Å². The highest BCUT2D eigenvalue weighted by atomic mass is 19.1. The normalized spacial score (nSPS) is 14.8. The van der Waals surface area contributed by atoms with Gasteiger partial charge in [-0.2, -0.15) is 0 Å². The average Bonchev–Trinajstić information content (AvgIpc) is 3.13. The molecule has 0 heterocycles. The van der Waals surface area contributed by atoms with Gasteiger partial charge in [0.1, 0.15) is 5.82 Å². The van der Waals surface area contributed by atoms with Crippen LogP contribution >= 0.6 is 0 Å². The van der Waals surface area contributed by atoms with Crippen LogP contribution in [0.25, 0.3) is 6.08 Å². The molecular formula is C14H14FNO2. The van der Waals surface area contributed by atoms with Crippen LogP contribution in [0.4, 0.5) is 10.1 Å². The van der Waals surface area contributed by atoms with E-state index in [1.165, 1.54) is 37.3 Å². The molecule has 1 aromatic carbocycles. The molecule has 0 aromatic heterocycles. The molecule has 2 rings (SSSR count). The molecule has 0 radical (unpaired) electrons. The van der Waals surface area contributed by atoms with Crippen LogP contribution in [0.15, 0.2) is 24.3 Å². The fourth-order valence-corrected chi connectivity index (χ4v) is 1.57. The minimum Gasteiger partial charge on any atom is -0.325 e. The van der Waals surface area contributed by atoms with Crippen LogP contribution in [0.2, 0.25) is 0 Å². The average molecular weight is 247 g/mol. The second-order valence-corrected chi connectivity index (χ2v) is 4.44. The summed E-state index contributed by atoms with van der Waals surface area (Å²) < 4.78 is 13.1. The van der Waals surface area contributed by atoms with Crippen molar-refractivity contribution in [3.63, 3.8) is 0 Å². The van der Waals surface area contributed by atoms with Gasteiger partial charge in [-0.15, -0.1) is 0 Å². The molecule has 0 bridgehead atoms. The lowest BCUT2D eigenvalue weighted by Crippen LogP contribution is -2.14. The maximum atomic E-state index is 13.1. The predicted octanol–water partition coefficient (Wildman–Crippen LogP) is 2.78. The van der Waals surface area contributed by atoms with Gasteiger partial charge in [-0.25, -0.2) is 4.39 Å². The molecule has 1 amide bonds. The van der Waals surface area contributed by atoms with Gasteiger partial charge in [-0.1, -0.05) is 0 Å². The monoisotopic (exact) mass is 247 g/mol. The number of benzene rings is 1. The van der Waals surface area contributed by atoms with Crippen molar-refractivity contribution in [2.75, 3.05) is 5.32 Å². The molecule has 1 fully saturated rings. The zero-order valence-corrected chi connectivity index (χ0v) is 10.1. The van der Waals surface area contributed by atoms with Crippen molar-refractivity contribution in [2.24, 2.45) is 5.92 Å². The van der Waals surface area contributed by atoms with E-state index in [2.05, 4.69) is 5.32 Å². The van der Waals surface area contributed by atoms with Gasteiger partial charge in [-0.05, 0) is 50.1 Å². The SMILES string of the molecule is CC(=O)/C=C/c1cc(F)ccc1NC(=O)C1CC1. The Morgan fingerprint density at radius 2 is 2.11 bits per heavy atom. The minimum atomic E-state index is -0.400. The van der Waals surface area contributed by atoms with Crippen LogP contribution in [0.5, 0.6) is 0 Å². The summed E-state index contributed by atoms with van der Waals surface area (Å²) in [5.74, 6) is -0.486. The topological polar surface area (TPSA) is 46.2 Å². The third-order valence-corrected chi connectivity index (χ3v) is 2.72. The molecule has 0 unspecified atom stereocenters. The summed E-state index contributed by atoms with van der Waals surface area (Å²) in [4.78, 5) is 22.5. The molecule has 18 heavy (non-hydrogen) atoms. The second-order valence-electron chi connectivity index (χ2n) is 4.44. The lowest BCUT2D eigenvalue weighted by Gasteiger charge is -2.08. The molecule has 0 spiro atoms. The van der Waals surface area contributed by atoms with E-state index < -0.39 is 5.82 Å². The number of hydrogen-bond donors (Lipinski definition) is 1. The van der Waals surface area contributed by atoms with Gasteiger partial charge in [-0.3, -0.25) is 9.59 Å². The molecule has 1 aromatic rings. The van der Waals surface area contributed by atoms with Crippen LogP contribution in [-0.2, 0) is 9.59 Å². The van der Waals surface area contributed by atoms with Crippen molar-refractivity contribution in [3.8, 4) is 0 Å². The summed E-state index contributed by atoms with van der Waals surface area (Å²) in [6.45, 7) is 1.41. The predicted molar refractivity (Wildman–Crippen MR) is 67.5 cm³/mol. The van der Waals surface area contributed by atoms with Crippen LogP contribution in [0, 0.1) is 11.7 Å². The van der Waals surface area contributed by atoms with Crippen LogP contribution in [0.1, 0.15) is 25.3 Å². The van der Waals surface area contributed by atoms with E-state index >= 15 is 0 Å². The first-order valence-corrected chi connectivity index (χ1v) is 5.85. The summed E-state index contributed by atoms with van der Waals surface area (Å²) in [7, 11) is 0. The zero-order valence-electron chi connectivity index (χ0n) is 10.1. The van der Waals surface area contributed by atoms with Gasteiger partial charge in [0.05, 0.1) is 0 Å². The lowest BCUT2D eigenvalue weighted by atomic mass is 10.1. The Kier molecular flexibility index (Phi) is 3.55. The molecule has 4 heteroatoms. The third kappa shape index (κ3) is 3.26. The van der Waals surface area contributed by atoms with E-state index in [1.807, 2.05) is 0 Å². The fraction of sp³-hybridized carbons (Fsp3) is 0.286. The van der Waals surface area contributed by atoms with E-state index in [0.717, 1.165) is 12.8 Å². The maximum absolute atomic E-state index is 13.1. The van der Waals surface area contributed by atoms with Gasteiger partial charge >= 0.3 is 0 Å². The van der Waals surface area contributed by atoms with E-state index in [1.54, 1.807) is 0 Å². The number of hydrogen-bond acceptors (Lipinski definition) is 2. The number of carbonyl (C=O) groups is 2. The molecule has 0 saturated heterocycles. The van der Waals surface area contributed by atoms with E-state index in [-0.39, 0.29) is 17.6 Å². The van der Waals surface area contributed by atoms with Crippen molar-refractivity contribution < 1.29 is 14.0 Å². The van der Waals surface area contributed by atoms with Gasteiger partial charge in [0, 0.05) is 17.2 Å². The summed E-state index contributed by atoms with van der Waals surface area (Å²) in [5.41, 5.74) is 1.03. The number of allylic oxidation sites excluding steroid dienone is 1. The number of nitrogens with one attached hydrogen (secondary N) is 1. The van der Waals surface area contributed by atoms with Crippen molar-refractivity contribution in [1.29, 1.82) is 0 Å². The van der Waals surface area contributed by atoms with Gasteiger partial charge in [0.15, 0.2) is 5.78 Å². The maximum Gasteiger partial charge on any atom is 0.227 e. The van der Waals surface area contributed by atoms with Crippen molar-refractivity contribution >= 4 is 23.5 Å². The number of anilines is 1. The Balaban J connectivity index is 2.21. The van der Waals surface area contributed by atoms with Crippen molar-refractivity contribution in [1.82, 2.24) is 0 Å². The molecule has 1 N–H and O–H groups in total. The van der Waals surface area contributed by atoms with Gasteiger partial charge in [0.25, 0.3) is 0 Å². The number of ketones is 1. The second kappa shape index (κ2) is 5.12. The van der Waals surface area contributed by atoms with Crippen LogP contribution in [0.3, 0.4) is 0 Å². The first-order chi connectivity index (χ1) is 8.56. The molecule has 0 atom stereocenters. The Hall–Kier alpha value is -1.97. The van der Waals surface area contributed by atoms with E-state index in [9.17, 15) is 14.0 Å². The Morgan fingerprint density at radius 1 is 1.39 bits per heavy atom. The van der Waals surface area contributed by atoms with Crippen LogP contribution in [-0.4, -0.2) is 11.7 Å². The van der Waals surface area contributed by atoms with Crippen LogP contribution < -0.4 is 5.32 Å². The van der Waals surface area contributed by atoms with Gasteiger partial charge < -0.3 is 5.32 Å². The summed E-state index contributed by atoms with van der Waals surface area (Å²) in [5, 5.41) is 2.76. The molecule has 94 valence electrons. The van der Waals surface area contributed by atoms with Crippen molar-refractivity contribution in [3.05, 3.63) is 35.7 Å². The largest absolute Gasteiger partial charge is 0.325 e. The zero-order chi connectivity index (χ0) is 13.1. The highest BCUT2D eigenvalue weighted by molar-refractivity contribution is 5.97. The minimum absolute atomic E-state index is 0.0425. The smallest absolute Gasteiger partial charge is 0.227 e. The highest BCUT2D eigenvalue weighted by Crippen LogP contribution is 2.31. The fourth-order valence-electron chi connectivity index (χ4n) is 1.57. The van der Waals surface area contributed by atoms with Gasteiger partial charge in [0.2, 0.25) is 5.91 Å². The van der Waals surface area contributed by atoms with E-state index in [0.29, 0.717) is 11.3 Å². The lowest BCUT2D eigenvalue weighted by molar-refractivity contribution is -0.117. The molecule has 1 aliphatic rings. The number of halogens is 1. The Bertz CT molecular complexity index is 519. The van der Waals surface area contributed by atoms with E-state index in [4.69, 9.17) is 0 Å². The molecule has 1 aliphatic carbocycles. The molecular weight excluding hydrogens is 233 g/mol. The quantitative estimate of drug-likeness (QED) is 0.831.